The summed E-state index contributed by atoms with van der Waals surface area (Å²) in [5, 5.41) is 14.1. The van der Waals surface area contributed by atoms with E-state index in [0.717, 1.165) is 84.4 Å². The molecule has 0 radical (unpaired) electrons. The number of para-hydroxylation sites is 4. The van der Waals surface area contributed by atoms with E-state index in [1.807, 2.05) is 19.2 Å². The molecule has 0 bridgehead atoms. The van der Waals surface area contributed by atoms with Crippen LogP contribution in [0.4, 0.5) is 0 Å². The van der Waals surface area contributed by atoms with Crippen LogP contribution in [0.2, 0.25) is 0 Å². The lowest BCUT2D eigenvalue weighted by Gasteiger charge is -2.19. The monoisotopic (exact) mass is 970 g/mol. The minimum absolute atomic E-state index is 0.478. The summed E-state index contributed by atoms with van der Waals surface area (Å²) >= 11 is 0. The first-order valence-corrected chi connectivity index (χ1v) is 25.6. The van der Waals surface area contributed by atoms with Gasteiger partial charge in [0.15, 0.2) is 0 Å². The fourth-order valence-corrected chi connectivity index (χ4v) is 11.0. The SMILES string of the molecule is C/C(=C\C=C/N)C(N)N/C(=N\CC1=CNCC=C1)c1cccc(-n2c3ccc(-c4ccc5c(c4)c4ccccc4n5-c4ccccc4)cc3c3cc(-c4ccc5c(c4)c4ccccc4n5-c4ccccc4)ccc32)c1. The lowest BCUT2D eigenvalue weighted by molar-refractivity contribution is 0.722. The van der Waals surface area contributed by atoms with Crippen LogP contribution in [0.3, 0.4) is 0 Å². The number of allylic oxidation sites excluding steroid dienone is 2. The molecule has 12 aromatic rings. The van der Waals surface area contributed by atoms with Gasteiger partial charge in [0.25, 0.3) is 0 Å². The Hall–Kier alpha value is -9.63. The Morgan fingerprint density at radius 2 is 0.987 bits per heavy atom. The van der Waals surface area contributed by atoms with Crippen LogP contribution in [0.15, 0.2) is 259 Å². The molecule has 0 saturated carbocycles. The van der Waals surface area contributed by atoms with Crippen LogP contribution in [0.1, 0.15) is 12.5 Å². The second-order valence-electron chi connectivity index (χ2n) is 19.3. The minimum Gasteiger partial charge on any atom is -0.405 e. The number of hydrogen-bond donors (Lipinski definition) is 4. The van der Waals surface area contributed by atoms with Gasteiger partial charge < -0.3 is 35.8 Å². The third-order valence-electron chi connectivity index (χ3n) is 14.7. The highest BCUT2D eigenvalue weighted by Gasteiger charge is 2.20. The summed E-state index contributed by atoms with van der Waals surface area (Å²) < 4.78 is 7.13. The maximum atomic E-state index is 6.80. The third-order valence-corrected chi connectivity index (χ3v) is 14.7. The highest BCUT2D eigenvalue weighted by molar-refractivity contribution is 6.15. The zero-order valence-electron chi connectivity index (χ0n) is 41.5. The van der Waals surface area contributed by atoms with Crippen LogP contribution in [0, 0.1) is 0 Å². The van der Waals surface area contributed by atoms with Crippen molar-refractivity contribution in [3.8, 4) is 39.3 Å². The molecule has 75 heavy (non-hydrogen) atoms. The molecule has 1 aliphatic rings. The number of nitrogens with one attached hydrogen (secondary N) is 2. The number of nitrogens with two attached hydrogens (primary N) is 2. The van der Waals surface area contributed by atoms with E-state index in [9.17, 15) is 0 Å². The van der Waals surface area contributed by atoms with Gasteiger partial charge in [-0.3, -0.25) is 4.99 Å². The summed E-state index contributed by atoms with van der Waals surface area (Å²) in [5.74, 6) is 0.701. The van der Waals surface area contributed by atoms with Gasteiger partial charge in [0.2, 0.25) is 0 Å². The van der Waals surface area contributed by atoms with Gasteiger partial charge in [-0.15, -0.1) is 0 Å². The number of hydrogen-bond acceptors (Lipinski definition) is 4. The Balaban J connectivity index is 0.983. The largest absolute Gasteiger partial charge is 0.405 e. The van der Waals surface area contributed by atoms with E-state index in [2.05, 4.69) is 243 Å². The summed E-state index contributed by atoms with van der Waals surface area (Å²) in [6.07, 6.45) is 11.0. The van der Waals surface area contributed by atoms with Gasteiger partial charge in [0.05, 0.1) is 45.8 Å². The van der Waals surface area contributed by atoms with Crippen LogP contribution in [-0.4, -0.2) is 38.8 Å². The Morgan fingerprint density at radius 3 is 1.48 bits per heavy atom. The zero-order valence-corrected chi connectivity index (χ0v) is 41.5. The lowest BCUT2D eigenvalue weighted by Crippen LogP contribution is -2.43. The number of fused-ring (bicyclic) bond motifs is 9. The summed E-state index contributed by atoms with van der Waals surface area (Å²) in [6, 6.07) is 75.0. The molecule has 3 aromatic heterocycles. The molecule has 6 N–H and O–H groups in total. The first kappa shape index (κ1) is 45.2. The van der Waals surface area contributed by atoms with E-state index in [-0.39, 0.29) is 0 Å². The third kappa shape index (κ3) is 8.14. The predicted octanol–water partition coefficient (Wildman–Crippen LogP) is 14.4. The number of aromatic nitrogens is 3. The van der Waals surface area contributed by atoms with Crippen LogP contribution < -0.4 is 22.1 Å². The number of benzene rings is 9. The maximum Gasteiger partial charge on any atom is 0.130 e. The van der Waals surface area contributed by atoms with Crippen LogP contribution >= 0.6 is 0 Å². The zero-order chi connectivity index (χ0) is 50.4. The van der Waals surface area contributed by atoms with Gasteiger partial charge >= 0.3 is 0 Å². The summed E-state index contributed by atoms with van der Waals surface area (Å²) in [6.45, 7) is 3.27. The topological polar surface area (TPSA) is 103 Å². The molecule has 1 aliphatic heterocycles. The number of dihydropyridines is 1. The quantitative estimate of drug-likeness (QED) is 0.0449. The van der Waals surface area contributed by atoms with Gasteiger partial charge in [-0.2, -0.15) is 0 Å². The Labute approximate surface area is 435 Å². The van der Waals surface area contributed by atoms with Crippen molar-refractivity contribution >= 4 is 71.3 Å². The van der Waals surface area contributed by atoms with E-state index >= 15 is 0 Å². The Morgan fingerprint density at radius 1 is 0.533 bits per heavy atom. The van der Waals surface area contributed by atoms with Crippen molar-refractivity contribution in [2.45, 2.75) is 13.1 Å². The number of aliphatic imine (C=N–C) groups is 1. The van der Waals surface area contributed by atoms with Crippen molar-refractivity contribution in [1.29, 1.82) is 0 Å². The van der Waals surface area contributed by atoms with Crippen LogP contribution in [0.25, 0.3) is 105 Å². The Kier molecular flexibility index (Phi) is 11.5. The van der Waals surface area contributed by atoms with Gasteiger partial charge in [0, 0.05) is 67.7 Å². The van der Waals surface area contributed by atoms with Gasteiger partial charge in [-0.25, -0.2) is 0 Å². The molecule has 13 rings (SSSR count). The predicted molar refractivity (Wildman–Crippen MR) is 315 cm³/mol. The second-order valence-corrected chi connectivity index (χ2v) is 19.3. The molecule has 8 nitrogen and oxygen atoms in total. The normalized spacial score (nSPS) is 13.7. The van der Waals surface area contributed by atoms with Crippen molar-refractivity contribution in [3.63, 3.8) is 0 Å². The molecule has 1 atom stereocenters. The molecule has 9 aromatic carbocycles. The van der Waals surface area contributed by atoms with E-state index in [1.54, 1.807) is 6.08 Å². The van der Waals surface area contributed by atoms with E-state index in [1.165, 1.54) is 49.8 Å². The smallest absolute Gasteiger partial charge is 0.130 e. The maximum absolute atomic E-state index is 6.80. The lowest BCUT2D eigenvalue weighted by atomic mass is 9.98. The van der Waals surface area contributed by atoms with E-state index < -0.39 is 6.17 Å². The fourth-order valence-electron chi connectivity index (χ4n) is 11.0. The summed E-state index contributed by atoms with van der Waals surface area (Å²) in [4.78, 5) is 5.16. The van der Waals surface area contributed by atoms with E-state index in [4.69, 9.17) is 16.5 Å². The average molecular weight is 971 g/mol. The van der Waals surface area contributed by atoms with Crippen molar-refractivity contribution in [2.24, 2.45) is 16.5 Å². The standard InChI is InChI=1S/C67H54N8/c1-44(15-13-35-68)66(69)72-67(71-43-45-16-14-36-70-42-45)50-17-12-22-53(37-50)75-64-33-29-48(46-27-31-62-56(38-46)54-23-8-10-25-60(54)73(62)51-18-4-2-5-19-51)40-58(64)59-41-49(30-34-65(59)75)47-28-32-63-57(39-47)55-24-9-11-26-61(55)74(63)52-20-6-3-7-21-52/h2-35,37-42,66,70H,36,43,68-69H2,1H3,(H,71,72)/b35-13-,44-15+. The highest BCUT2D eigenvalue weighted by atomic mass is 15.1. The second kappa shape index (κ2) is 19.1. The van der Waals surface area contributed by atoms with E-state index in [0.29, 0.717) is 12.4 Å². The fraction of sp³-hybridized carbons (Fsp3) is 0.0597. The van der Waals surface area contributed by atoms with Crippen molar-refractivity contribution < 1.29 is 0 Å². The molecular weight excluding hydrogens is 917 g/mol. The average Bonchev–Trinajstić information content (AvgIpc) is 4.11. The molecule has 4 heterocycles. The molecule has 0 saturated heterocycles. The van der Waals surface area contributed by atoms with Crippen LogP contribution in [-0.2, 0) is 0 Å². The highest BCUT2D eigenvalue weighted by Crippen LogP contribution is 2.41. The van der Waals surface area contributed by atoms with Crippen LogP contribution in [0.5, 0.6) is 0 Å². The summed E-state index contributed by atoms with van der Waals surface area (Å²) in [7, 11) is 0. The summed E-state index contributed by atoms with van der Waals surface area (Å²) in [5.41, 5.74) is 30.3. The molecule has 0 fully saturated rings. The first-order chi connectivity index (χ1) is 37.0. The molecule has 0 spiro atoms. The molecule has 362 valence electrons. The van der Waals surface area contributed by atoms with Crippen molar-refractivity contribution in [1.82, 2.24) is 24.3 Å². The molecule has 8 heteroatoms. The Bertz CT molecular complexity index is 4120. The molecule has 0 amide bonds. The number of amidine groups is 1. The van der Waals surface area contributed by atoms with Gasteiger partial charge in [0.1, 0.15) is 5.84 Å². The minimum atomic E-state index is -0.495. The van der Waals surface area contributed by atoms with Crippen molar-refractivity contribution in [2.75, 3.05) is 13.1 Å². The van der Waals surface area contributed by atoms with Gasteiger partial charge in [-0.1, -0.05) is 127 Å². The van der Waals surface area contributed by atoms with Crippen molar-refractivity contribution in [3.05, 3.63) is 260 Å². The van der Waals surface area contributed by atoms with Gasteiger partial charge in [-0.05, 0) is 150 Å². The molecular formula is C67H54N8. The molecule has 1 unspecified atom stereocenters. The number of nitrogens with zero attached hydrogens (tertiary/aromatic N) is 4. The molecule has 0 aliphatic carbocycles. The first-order valence-electron chi connectivity index (χ1n) is 25.6. The number of rotatable bonds is 11.